The van der Waals surface area contributed by atoms with Crippen molar-refractivity contribution >= 4 is 5.57 Å². The third-order valence-corrected chi connectivity index (χ3v) is 6.21. The Labute approximate surface area is 180 Å². The third-order valence-electron chi connectivity index (χ3n) is 6.21. The van der Waals surface area contributed by atoms with Gasteiger partial charge in [-0.3, -0.25) is 0 Å². The molecule has 1 aliphatic carbocycles. The first-order valence-corrected chi connectivity index (χ1v) is 11.2. The van der Waals surface area contributed by atoms with E-state index in [-0.39, 0.29) is 6.61 Å². The average molecular weight is 408 g/mol. The first kappa shape index (κ1) is 21.3. The van der Waals surface area contributed by atoms with E-state index in [4.69, 9.17) is 14.6 Å². The molecule has 4 rings (SSSR count). The predicted molar refractivity (Wildman–Crippen MR) is 121 cm³/mol. The predicted octanol–water partition coefficient (Wildman–Crippen LogP) is 3.71. The van der Waals surface area contributed by atoms with E-state index < -0.39 is 0 Å². The zero-order valence-corrected chi connectivity index (χ0v) is 17.8. The maximum Gasteiger partial charge on any atom is 0.0701 e. The van der Waals surface area contributed by atoms with Gasteiger partial charge in [0.1, 0.15) is 0 Å². The summed E-state index contributed by atoms with van der Waals surface area (Å²) in [5, 5.41) is 8.70. The Balaban J connectivity index is 1.41. The monoisotopic (exact) mass is 407 g/mol. The van der Waals surface area contributed by atoms with Crippen molar-refractivity contribution in [3.63, 3.8) is 0 Å². The Kier molecular flexibility index (Phi) is 7.70. The summed E-state index contributed by atoms with van der Waals surface area (Å²) >= 11 is 0. The minimum atomic E-state index is 0.0700. The lowest BCUT2D eigenvalue weighted by Gasteiger charge is -2.30. The maximum absolute atomic E-state index is 8.70. The largest absolute Gasteiger partial charge is 0.394 e. The average Bonchev–Trinajstić information content (AvgIpc) is 2.96. The van der Waals surface area contributed by atoms with Crippen LogP contribution in [-0.4, -0.2) is 62.7 Å². The molecule has 1 heterocycles. The number of piperidine rings is 1. The molecule has 0 spiro atoms. The van der Waals surface area contributed by atoms with E-state index in [1.54, 1.807) is 5.57 Å². The highest BCUT2D eigenvalue weighted by Gasteiger charge is 2.23. The third kappa shape index (κ3) is 5.19. The van der Waals surface area contributed by atoms with Crippen LogP contribution in [0.4, 0.5) is 0 Å². The van der Waals surface area contributed by atoms with Gasteiger partial charge in [0.25, 0.3) is 0 Å². The highest BCUT2D eigenvalue weighted by atomic mass is 16.5. The molecule has 0 saturated carbocycles. The first-order valence-electron chi connectivity index (χ1n) is 11.2. The molecule has 30 heavy (non-hydrogen) atoms. The molecule has 0 bridgehead atoms. The van der Waals surface area contributed by atoms with Crippen molar-refractivity contribution in [1.82, 2.24) is 4.90 Å². The summed E-state index contributed by atoms with van der Waals surface area (Å²) in [6.07, 6.45) is 4.49. The molecule has 0 aromatic heterocycles. The summed E-state index contributed by atoms with van der Waals surface area (Å²) in [7, 11) is 0. The quantitative estimate of drug-likeness (QED) is 0.678. The van der Waals surface area contributed by atoms with E-state index in [2.05, 4.69) is 53.4 Å². The molecular formula is C26H33NO3. The van der Waals surface area contributed by atoms with Gasteiger partial charge in [0.05, 0.1) is 33.0 Å². The number of nitrogens with zero attached hydrogens (tertiary/aromatic N) is 1. The zero-order chi connectivity index (χ0) is 20.6. The zero-order valence-electron chi connectivity index (χ0n) is 17.8. The lowest BCUT2D eigenvalue weighted by atomic mass is 9.86. The highest BCUT2D eigenvalue weighted by Crippen LogP contribution is 2.38. The van der Waals surface area contributed by atoms with Crippen molar-refractivity contribution in [1.29, 1.82) is 0 Å². The Morgan fingerprint density at radius 2 is 1.27 bits per heavy atom. The van der Waals surface area contributed by atoms with Crippen molar-refractivity contribution in [3.05, 3.63) is 76.4 Å². The lowest BCUT2D eigenvalue weighted by molar-refractivity contribution is 0.0260. The van der Waals surface area contributed by atoms with Crippen LogP contribution in [0.1, 0.15) is 35.1 Å². The van der Waals surface area contributed by atoms with Crippen LogP contribution in [-0.2, 0) is 22.3 Å². The lowest BCUT2D eigenvalue weighted by Crippen LogP contribution is -2.34. The Morgan fingerprint density at radius 3 is 1.87 bits per heavy atom. The standard InChI is InChI=1S/C26H33NO3/c28-16-18-30-20-19-29-17-15-27-13-11-23(12-14-27)26-24-7-3-1-5-21(24)9-10-22-6-2-4-8-25(22)26/h1-8,28H,9-20H2. The minimum Gasteiger partial charge on any atom is -0.394 e. The number of benzene rings is 2. The summed E-state index contributed by atoms with van der Waals surface area (Å²) in [5.74, 6) is 0. The Morgan fingerprint density at radius 1 is 0.700 bits per heavy atom. The summed E-state index contributed by atoms with van der Waals surface area (Å²) in [6.45, 7) is 5.49. The fraction of sp³-hybridized carbons (Fsp3) is 0.462. The number of hydrogen-bond acceptors (Lipinski definition) is 4. The molecule has 2 aromatic rings. The van der Waals surface area contributed by atoms with Gasteiger partial charge in [0.15, 0.2) is 0 Å². The molecular weight excluding hydrogens is 374 g/mol. The van der Waals surface area contributed by atoms with Crippen LogP contribution in [0.5, 0.6) is 0 Å². The summed E-state index contributed by atoms with van der Waals surface area (Å²) in [6, 6.07) is 18.0. The molecule has 0 radical (unpaired) electrons. The van der Waals surface area contributed by atoms with Crippen molar-refractivity contribution in [3.8, 4) is 0 Å². The van der Waals surface area contributed by atoms with Crippen molar-refractivity contribution < 1.29 is 14.6 Å². The molecule has 1 fully saturated rings. The van der Waals surface area contributed by atoms with E-state index in [1.165, 1.54) is 27.8 Å². The summed E-state index contributed by atoms with van der Waals surface area (Å²) < 4.78 is 10.9. The molecule has 2 aliphatic rings. The first-order chi connectivity index (χ1) is 14.9. The number of aryl methyl sites for hydroxylation is 2. The second kappa shape index (κ2) is 10.9. The van der Waals surface area contributed by atoms with Crippen molar-refractivity contribution in [2.45, 2.75) is 25.7 Å². The van der Waals surface area contributed by atoms with Gasteiger partial charge in [-0.15, -0.1) is 0 Å². The SMILES string of the molecule is OCCOCCOCCN1CCC(=C2c3ccccc3CCc3ccccc32)CC1. The Hall–Kier alpha value is -1.98. The van der Waals surface area contributed by atoms with E-state index in [0.29, 0.717) is 19.8 Å². The highest BCUT2D eigenvalue weighted by molar-refractivity contribution is 5.86. The number of fused-ring (bicyclic) bond motifs is 2. The van der Waals surface area contributed by atoms with Crippen LogP contribution >= 0.6 is 0 Å². The van der Waals surface area contributed by atoms with E-state index in [0.717, 1.165) is 51.9 Å². The van der Waals surface area contributed by atoms with Gasteiger partial charge in [0, 0.05) is 19.6 Å². The number of aliphatic hydroxyl groups excluding tert-OH is 1. The Bertz CT molecular complexity index is 801. The van der Waals surface area contributed by atoms with Gasteiger partial charge in [-0.25, -0.2) is 0 Å². The molecule has 1 aliphatic heterocycles. The number of hydrogen-bond donors (Lipinski definition) is 1. The van der Waals surface area contributed by atoms with Crippen LogP contribution in [0.3, 0.4) is 0 Å². The van der Waals surface area contributed by atoms with E-state index >= 15 is 0 Å². The number of ether oxygens (including phenoxy) is 2. The van der Waals surface area contributed by atoms with Crippen LogP contribution in [0, 0.1) is 0 Å². The fourth-order valence-corrected chi connectivity index (χ4v) is 4.64. The van der Waals surface area contributed by atoms with Crippen molar-refractivity contribution in [2.75, 3.05) is 52.7 Å². The molecule has 2 aromatic carbocycles. The molecule has 0 amide bonds. The normalized spacial score (nSPS) is 16.8. The van der Waals surface area contributed by atoms with Crippen LogP contribution in [0.2, 0.25) is 0 Å². The van der Waals surface area contributed by atoms with Gasteiger partial charge in [-0.05, 0) is 53.5 Å². The molecule has 1 saturated heterocycles. The van der Waals surface area contributed by atoms with Gasteiger partial charge in [-0.1, -0.05) is 54.1 Å². The van der Waals surface area contributed by atoms with Gasteiger partial charge in [0.2, 0.25) is 0 Å². The summed E-state index contributed by atoms with van der Waals surface area (Å²) in [5.41, 5.74) is 8.95. The molecule has 1 N–H and O–H groups in total. The van der Waals surface area contributed by atoms with Gasteiger partial charge in [-0.2, -0.15) is 0 Å². The fourth-order valence-electron chi connectivity index (χ4n) is 4.64. The van der Waals surface area contributed by atoms with Gasteiger partial charge >= 0.3 is 0 Å². The maximum atomic E-state index is 8.70. The molecule has 160 valence electrons. The molecule has 4 nitrogen and oxygen atoms in total. The summed E-state index contributed by atoms with van der Waals surface area (Å²) in [4.78, 5) is 2.51. The topological polar surface area (TPSA) is 41.9 Å². The smallest absolute Gasteiger partial charge is 0.0701 e. The van der Waals surface area contributed by atoms with Crippen molar-refractivity contribution in [2.24, 2.45) is 0 Å². The van der Waals surface area contributed by atoms with Crippen LogP contribution in [0.25, 0.3) is 5.57 Å². The van der Waals surface area contributed by atoms with Crippen LogP contribution < -0.4 is 0 Å². The van der Waals surface area contributed by atoms with E-state index in [9.17, 15) is 0 Å². The molecule has 0 atom stereocenters. The minimum absolute atomic E-state index is 0.0700. The van der Waals surface area contributed by atoms with Gasteiger partial charge < -0.3 is 19.5 Å². The number of aliphatic hydroxyl groups is 1. The van der Waals surface area contributed by atoms with Crippen LogP contribution in [0.15, 0.2) is 54.1 Å². The number of rotatable bonds is 8. The second-order valence-electron chi connectivity index (χ2n) is 8.08. The molecule has 4 heteroatoms. The molecule has 0 unspecified atom stereocenters. The second-order valence-corrected chi connectivity index (χ2v) is 8.08. The van der Waals surface area contributed by atoms with E-state index in [1.807, 2.05) is 0 Å². The number of likely N-dealkylation sites (tertiary alicyclic amines) is 1.